The number of allylic oxidation sites excluding steroid dienone is 1. The fraction of sp³-hybridized carbons (Fsp3) is 0.769. The van der Waals surface area contributed by atoms with E-state index in [4.69, 9.17) is 4.74 Å². The standard InChI is InChI=1S/C13H20F3NO3S/c1-9(20-21-13(14,15)16)10-5-7-17(8-6-10)11(18)19-12(2,3)4/h10H,1,5-8H2,2-4H3. The molecule has 0 spiro atoms. The number of likely N-dealkylation sites (tertiary alicyclic amines) is 1. The minimum atomic E-state index is -4.44. The Morgan fingerprint density at radius 1 is 1.24 bits per heavy atom. The number of hydrogen-bond acceptors (Lipinski definition) is 4. The molecule has 21 heavy (non-hydrogen) atoms. The Balaban J connectivity index is 2.38. The van der Waals surface area contributed by atoms with Gasteiger partial charge in [-0.15, -0.1) is 0 Å². The molecule has 0 N–H and O–H groups in total. The van der Waals surface area contributed by atoms with Crippen molar-refractivity contribution in [2.45, 2.75) is 44.7 Å². The molecule has 1 rings (SSSR count). The number of halogens is 3. The summed E-state index contributed by atoms with van der Waals surface area (Å²) in [6.45, 7) is 9.70. The molecule has 0 radical (unpaired) electrons. The van der Waals surface area contributed by atoms with Crippen LogP contribution >= 0.6 is 12.0 Å². The molecule has 8 heteroatoms. The lowest BCUT2D eigenvalue weighted by molar-refractivity contribution is -0.0388. The van der Waals surface area contributed by atoms with Crippen LogP contribution in [0, 0.1) is 5.92 Å². The van der Waals surface area contributed by atoms with E-state index >= 15 is 0 Å². The molecule has 4 nitrogen and oxygen atoms in total. The van der Waals surface area contributed by atoms with Gasteiger partial charge in [-0.25, -0.2) is 4.79 Å². The van der Waals surface area contributed by atoms with Gasteiger partial charge in [0.2, 0.25) is 0 Å². The molecule has 0 aromatic heterocycles. The summed E-state index contributed by atoms with van der Waals surface area (Å²) in [5, 5.41) is 0. The van der Waals surface area contributed by atoms with E-state index in [9.17, 15) is 18.0 Å². The van der Waals surface area contributed by atoms with Crippen molar-refractivity contribution < 1.29 is 26.9 Å². The fourth-order valence-corrected chi connectivity index (χ4v) is 2.22. The summed E-state index contributed by atoms with van der Waals surface area (Å²) in [7, 11) is 0. The molecule has 0 atom stereocenters. The molecule has 1 aliphatic heterocycles. The van der Waals surface area contributed by atoms with Crippen LogP contribution < -0.4 is 0 Å². The predicted octanol–water partition coefficient (Wildman–Crippen LogP) is 4.33. The van der Waals surface area contributed by atoms with E-state index in [0.717, 1.165) is 0 Å². The van der Waals surface area contributed by atoms with Gasteiger partial charge in [-0.2, -0.15) is 13.2 Å². The number of hydrogen-bond donors (Lipinski definition) is 0. The third kappa shape index (κ3) is 6.97. The van der Waals surface area contributed by atoms with E-state index in [1.165, 1.54) is 0 Å². The van der Waals surface area contributed by atoms with Crippen LogP contribution in [-0.2, 0) is 8.92 Å². The summed E-state index contributed by atoms with van der Waals surface area (Å²) in [4.78, 5) is 13.4. The molecule has 0 aromatic carbocycles. The SMILES string of the molecule is C=C(OSC(F)(F)F)C1CCN(C(=O)OC(C)(C)C)CC1. The number of ether oxygens (including phenoxy) is 1. The largest absolute Gasteiger partial charge is 0.479 e. The van der Waals surface area contributed by atoms with Gasteiger partial charge in [0.15, 0.2) is 12.0 Å². The van der Waals surface area contributed by atoms with E-state index in [0.29, 0.717) is 25.9 Å². The molecular formula is C13H20F3NO3S. The minimum Gasteiger partial charge on any atom is -0.444 e. The van der Waals surface area contributed by atoms with Crippen LogP contribution in [0.5, 0.6) is 0 Å². The highest BCUT2D eigenvalue weighted by molar-refractivity contribution is 7.95. The molecule has 0 aliphatic carbocycles. The lowest BCUT2D eigenvalue weighted by Gasteiger charge is -2.33. The van der Waals surface area contributed by atoms with Gasteiger partial charge >= 0.3 is 11.6 Å². The van der Waals surface area contributed by atoms with Crippen LogP contribution in [0.4, 0.5) is 18.0 Å². The molecule has 0 aromatic rings. The van der Waals surface area contributed by atoms with E-state index in [1.54, 1.807) is 25.7 Å². The Bertz CT molecular complexity index is 385. The van der Waals surface area contributed by atoms with E-state index in [1.807, 2.05) is 0 Å². The molecule has 1 amide bonds. The van der Waals surface area contributed by atoms with Crippen molar-refractivity contribution in [3.63, 3.8) is 0 Å². The normalized spacial score (nSPS) is 17.5. The zero-order valence-corrected chi connectivity index (χ0v) is 13.1. The van der Waals surface area contributed by atoms with Crippen LogP contribution in [0.15, 0.2) is 12.3 Å². The van der Waals surface area contributed by atoms with Crippen molar-refractivity contribution in [2.24, 2.45) is 5.92 Å². The second kappa shape index (κ2) is 6.81. The first kappa shape index (κ1) is 18.0. The molecule has 0 bridgehead atoms. The summed E-state index contributed by atoms with van der Waals surface area (Å²) >= 11 is -0.554. The Kier molecular flexibility index (Phi) is 5.83. The zero-order valence-electron chi connectivity index (χ0n) is 12.3. The topological polar surface area (TPSA) is 38.8 Å². The second-order valence-electron chi connectivity index (χ2n) is 5.82. The number of rotatable bonds is 3. The third-order valence-electron chi connectivity index (χ3n) is 2.85. The lowest BCUT2D eigenvalue weighted by Crippen LogP contribution is -2.42. The third-order valence-corrected chi connectivity index (χ3v) is 3.33. The minimum absolute atomic E-state index is 0.0983. The van der Waals surface area contributed by atoms with Gasteiger partial charge in [-0.05, 0) is 33.6 Å². The fourth-order valence-electron chi connectivity index (χ4n) is 1.88. The molecule has 122 valence electrons. The van der Waals surface area contributed by atoms with Gasteiger partial charge in [-0.3, -0.25) is 0 Å². The number of carbonyl (C=O) groups excluding carboxylic acids is 1. The number of carbonyl (C=O) groups is 1. The first-order valence-corrected chi connectivity index (χ1v) is 7.31. The highest BCUT2D eigenvalue weighted by atomic mass is 32.2. The Labute approximate surface area is 126 Å². The smallest absolute Gasteiger partial charge is 0.444 e. The van der Waals surface area contributed by atoms with Crippen molar-refractivity contribution >= 4 is 18.1 Å². The summed E-state index contributed by atoms with van der Waals surface area (Å²) in [6.07, 6.45) is 0.615. The van der Waals surface area contributed by atoms with E-state index in [-0.39, 0.29) is 11.7 Å². The van der Waals surface area contributed by atoms with Crippen molar-refractivity contribution in [3.8, 4) is 0 Å². The maximum Gasteiger partial charge on any atom is 0.479 e. The summed E-state index contributed by atoms with van der Waals surface area (Å²) in [5.41, 5.74) is -5.01. The molecule has 1 saturated heterocycles. The summed E-state index contributed by atoms with van der Waals surface area (Å²) in [6, 6.07) is 0. The number of alkyl halides is 3. The number of nitrogens with zero attached hydrogens (tertiary/aromatic N) is 1. The lowest BCUT2D eigenvalue weighted by atomic mass is 9.96. The molecule has 0 unspecified atom stereocenters. The first-order valence-electron chi connectivity index (χ1n) is 6.57. The Hall–Kier alpha value is -1.05. The average molecular weight is 327 g/mol. The van der Waals surface area contributed by atoms with Crippen molar-refractivity contribution in [1.29, 1.82) is 0 Å². The molecule has 0 saturated carbocycles. The maximum absolute atomic E-state index is 12.0. The van der Waals surface area contributed by atoms with Crippen molar-refractivity contribution in [1.82, 2.24) is 4.90 Å². The van der Waals surface area contributed by atoms with E-state index in [2.05, 4.69) is 10.8 Å². The molecule has 1 fully saturated rings. The van der Waals surface area contributed by atoms with Gasteiger partial charge in [0, 0.05) is 19.0 Å². The zero-order chi connectivity index (χ0) is 16.3. The summed E-state index contributed by atoms with van der Waals surface area (Å²) in [5.74, 6) is -0.0836. The van der Waals surface area contributed by atoms with Crippen molar-refractivity contribution in [3.05, 3.63) is 12.3 Å². The monoisotopic (exact) mass is 327 g/mol. The quantitative estimate of drug-likeness (QED) is 0.571. The van der Waals surface area contributed by atoms with Crippen LogP contribution in [0.25, 0.3) is 0 Å². The number of piperidine rings is 1. The predicted molar refractivity (Wildman–Crippen MR) is 74.4 cm³/mol. The molecule has 1 heterocycles. The van der Waals surface area contributed by atoms with Gasteiger partial charge in [0.25, 0.3) is 0 Å². The van der Waals surface area contributed by atoms with Gasteiger partial charge in [0.05, 0.1) is 0 Å². The van der Waals surface area contributed by atoms with Crippen LogP contribution in [0.2, 0.25) is 0 Å². The first-order chi connectivity index (χ1) is 9.48. The van der Waals surface area contributed by atoms with Gasteiger partial charge < -0.3 is 13.8 Å². The molecule has 1 aliphatic rings. The van der Waals surface area contributed by atoms with Gasteiger partial charge in [0.1, 0.15) is 11.4 Å². The second-order valence-corrected chi connectivity index (χ2v) is 6.62. The number of amides is 1. The van der Waals surface area contributed by atoms with Crippen molar-refractivity contribution in [2.75, 3.05) is 13.1 Å². The highest BCUT2D eigenvalue weighted by Gasteiger charge is 2.34. The van der Waals surface area contributed by atoms with E-state index < -0.39 is 29.2 Å². The summed E-state index contributed by atoms with van der Waals surface area (Å²) < 4.78 is 45.9. The van der Waals surface area contributed by atoms with Crippen LogP contribution in [0.3, 0.4) is 0 Å². The Morgan fingerprint density at radius 3 is 2.19 bits per heavy atom. The van der Waals surface area contributed by atoms with Crippen LogP contribution in [0.1, 0.15) is 33.6 Å². The highest BCUT2D eigenvalue weighted by Crippen LogP contribution is 2.36. The maximum atomic E-state index is 12.0. The van der Waals surface area contributed by atoms with Crippen LogP contribution in [-0.4, -0.2) is 35.2 Å². The average Bonchev–Trinajstić information content (AvgIpc) is 2.33. The Morgan fingerprint density at radius 2 is 1.76 bits per heavy atom. The van der Waals surface area contributed by atoms with Gasteiger partial charge in [-0.1, -0.05) is 6.58 Å². The molecular weight excluding hydrogens is 307 g/mol.